The van der Waals surface area contributed by atoms with E-state index >= 15 is 0 Å². The third-order valence-corrected chi connectivity index (χ3v) is 1.19. The zero-order valence-corrected chi connectivity index (χ0v) is 6.88. The topological polar surface area (TPSA) is 15.6 Å². The van der Waals surface area contributed by atoms with Gasteiger partial charge in [0.1, 0.15) is 0 Å². The fraction of sp³-hybridized carbons (Fsp3) is 0.625. The number of unbranched alkanes of at least 4 members (excludes halogenated alkanes) is 1. The van der Waals surface area contributed by atoms with E-state index in [0.717, 1.165) is 6.54 Å². The van der Waals surface area contributed by atoms with Crippen molar-refractivity contribution in [2.24, 2.45) is 4.99 Å². The molecule has 2 nitrogen and oxygen atoms in total. The maximum Gasteiger partial charge on any atom is 0.0886 e. The van der Waals surface area contributed by atoms with Crippen molar-refractivity contribution in [2.75, 3.05) is 13.6 Å². The Labute approximate surface area is 63.3 Å². The highest BCUT2D eigenvalue weighted by molar-refractivity contribution is 5.55. The predicted octanol–water partition coefficient (Wildman–Crippen LogP) is 1.89. The van der Waals surface area contributed by atoms with E-state index in [-0.39, 0.29) is 0 Å². The average Bonchev–Trinajstić information content (AvgIpc) is 1.98. The van der Waals surface area contributed by atoms with Gasteiger partial charge in [0.15, 0.2) is 0 Å². The van der Waals surface area contributed by atoms with Crippen LogP contribution in [0.5, 0.6) is 0 Å². The molecule has 0 saturated carbocycles. The van der Waals surface area contributed by atoms with E-state index < -0.39 is 0 Å². The summed E-state index contributed by atoms with van der Waals surface area (Å²) in [6.45, 7) is 6.68. The fourth-order valence-corrected chi connectivity index (χ4v) is 0.483. The van der Waals surface area contributed by atoms with Crippen LogP contribution in [-0.2, 0) is 0 Å². The van der Waals surface area contributed by atoms with Crippen molar-refractivity contribution in [3.63, 3.8) is 0 Å². The molecule has 2 heteroatoms. The van der Waals surface area contributed by atoms with Crippen LogP contribution in [-0.4, -0.2) is 24.8 Å². The van der Waals surface area contributed by atoms with Crippen molar-refractivity contribution in [1.82, 2.24) is 4.90 Å². The molecular weight excluding hydrogens is 124 g/mol. The Morgan fingerprint density at radius 3 is 2.80 bits per heavy atom. The zero-order valence-electron chi connectivity index (χ0n) is 6.88. The van der Waals surface area contributed by atoms with Crippen molar-refractivity contribution in [2.45, 2.75) is 19.8 Å². The molecule has 0 unspecified atom stereocenters. The Hall–Kier alpha value is -0.790. The minimum atomic E-state index is 0.925. The molecule has 0 aliphatic heterocycles. The summed E-state index contributed by atoms with van der Waals surface area (Å²) in [5.41, 5.74) is 0. The van der Waals surface area contributed by atoms with Gasteiger partial charge in [-0.15, -0.1) is 0 Å². The molecule has 0 saturated heterocycles. The summed E-state index contributed by atoms with van der Waals surface area (Å²) in [5, 5.41) is 0. The van der Waals surface area contributed by atoms with E-state index in [1.807, 2.05) is 11.9 Å². The Morgan fingerprint density at radius 2 is 2.30 bits per heavy atom. The summed E-state index contributed by atoms with van der Waals surface area (Å²) < 4.78 is 0. The summed E-state index contributed by atoms with van der Waals surface area (Å²) >= 11 is 0. The van der Waals surface area contributed by atoms with Crippen LogP contribution >= 0.6 is 0 Å². The van der Waals surface area contributed by atoms with Gasteiger partial charge < -0.3 is 4.90 Å². The molecule has 0 spiro atoms. The highest BCUT2D eigenvalue weighted by Gasteiger charge is 1.80. The van der Waals surface area contributed by atoms with E-state index in [0.29, 0.717) is 0 Å². The largest absolute Gasteiger partial charge is 0.343 e. The first-order valence-electron chi connectivity index (χ1n) is 3.65. The maximum absolute atomic E-state index is 4.16. The second-order valence-electron chi connectivity index (χ2n) is 2.22. The lowest BCUT2D eigenvalue weighted by Gasteiger charge is -2.02. The minimum Gasteiger partial charge on any atom is -0.343 e. The summed E-state index contributed by atoms with van der Waals surface area (Å²) in [4.78, 5) is 6.00. The Kier molecular flexibility index (Phi) is 5.83. The minimum absolute atomic E-state index is 0.925. The molecule has 0 heterocycles. The first-order chi connectivity index (χ1) is 4.81. The Morgan fingerprint density at radius 1 is 1.60 bits per heavy atom. The van der Waals surface area contributed by atoms with Gasteiger partial charge >= 0.3 is 0 Å². The van der Waals surface area contributed by atoms with E-state index in [2.05, 4.69) is 18.5 Å². The third kappa shape index (κ3) is 5.35. The van der Waals surface area contributed by atoms with Gasteiger partial charge in [0.25, 0.3) is 0 Å². The van der Waals surface area contributed by atoms with Gasteiger partial charge in [-0.2, -0.15) is 0 Å². The molecule has 0 amide bonds. The lowest BCUT2D eigenvalue weighted by Crippen LogP contribution is -2.06. The first kappa shape index (κ1) is 9.21. The van der Waals surface area contributed by atoms with Gasteiger partial charge in [-0.25, -0.2) is 0 Å². The standard InChI is InChI=1S/C8H16N2/c1-4-6-7-9-8-10(3)5-2/h5,8H,2,4,6-7H2,1,3H3. The normalized spacial score (nSPS) is 10.2. The molecule has 0 aromatic rings. The van der Waals surface area contributed by atoms with Gasteiger partial charge in [-0.05, 0) is 12.6 Å². The highest BCUT2D eigenvalue weighted by atomic mass is 15.1. The Balaban J connectivity index is 3.26. The zero-order chi connectivity index (χ0) is 7.82. The second kappa shape index (κ2) is 6.33. The number of hydrogen-bond donors (Lipinski definition) is 0. The Bertz CT molecular complexity index is 108. The van der Waals surface area contributed by atoms with Crippen molar-refractivity contribution < 1.29 is 0 Å². The molecule has 0 aliphatic carbocycles. The van der Waals surface area contributed by atoms with E-state index in [4.69, 9.17) is 0 Å². The number of nitrogens with zero attached hydrogens (tertiary/aromatic N) is 2. The predicted molar refractivity (Wildman–Crippen MR) is 46.2 cm³/mol. The monoisotopic (exact) mass is 140 g/mol. The van der Waals surface area contributed by atoms with Gasteiger partial charge in [-0.3, -0.25) is 4.99 Å². The molecule has 0 N–H and O–H groups in total. The van der Waals surface area contributed by atoms with Crippen LogP contribution < -0.4 is 0 Å². The molecule has 0 aromatic heterocycles. The second-order valence-corrected chi connectivity index (χ2v) is 2.22. The van der Waals surface area contributed by atoms with E-state index in [1.54, 1.807) is 12.5 Å². The van der Waals surface area contributed by atoms with Gasteiger partial charge in [-0.1, -0.05) is 19.9 Å². The van der Waals surface area contributed by atoms with Crippen molar-refractivity contribution in [3.8, 4) is 0 Å². The lowest BCUT2D eigenvalue weighted by atomic mass is 10.3. The third-order valence-electron chi connectivity index (χ3n) is 1.19. The average molecular weight is 140 g/mol. The summed E-state index contributed by atoms with van der Waals surface area (Å²) in [6, 6.07) is 0. The van der Waals surface area contributed by atoms with Crippen LogP contribution in [0.25, 0.3) is 0 Å². The van der Waals surface area contributed by atoms with Gasteiger partial charge in [0.2, 0.25) is 0 Å². The fourth-order valence-electron chi connectivity index (χ4n) is 0.483. The molecule has 0 fully saturated rings. The summed E-state index contributed by atoms with van der Waals surface area (Å²) in [5.74, 6) is 0. The van der Waals surface area contributed by atoms with Crippen LogP contribution in [0.4, 0.5) is 0 Å². The molecule has 10 heavy (non-hydrogen) atoms. The van der Waals surface area contributed by atoms with Gasteiger partial charge in [0.05, 0.1) is 6.34 Å². The van der Waals surface area contributed by atoms with E-state index in [9.17, 15) is 0 Å². The van der Waals surface area contributed by atoms with Crippen LogP contribution in [0.3, 0.4) is 0 Å². The van der Waals surface area contributed by atoms with Crippen molar-refractivity contribution in [3.05, 3.63) is 12.8 Å². The molecule has 0 bridgehead atoms. The van der Waals surface area contributed by atoms with Crippen LogP contribution in [0.15, 0.2) is 17.8 Å². The SMILES string of the molecule is C=CN(C)C=NCCCC. The maximum atomic E-state index is 4.16. The van der Waals surface area contributed by atoms with Crippen LogP contribution in [0, 0.1) is 0 Å². The van der Waals surface area contributed by atoms with Crippen molar-refractivity contribution in [1.29, 1.82) is 0 Å². The van der Waals surface area contributed by atoms with Crippen molar-refractivity contribution >= 4 is 6.34 Å². The molecular formula is C8H16N2. The molecule has 0 atom stereocenters. The number of aliphatic imine (C=N–C) groups is 1. The molecule has 0 rings (SSSR count). The van der Waals surface area contributed by atoms with Crippen LogP contribution in [0.1, 0.15) is 19.8 Å². The number of rotatable bonds is 5. The first-order valence-corrected chi connectivity index (χ1v) is 3.65. The molecule has 58 valence electrons. The summed E-state index contributed by atoms with van der Waals surface area (Å²) in [6.07, 6.45) is 5.90. The lowest BCUT2D eigenvalue weighted by molar-refractivity contribution is 0.700. The quantitative estimate of drug-likeness (QED) is 0.323. The molecule has 0 radical (unpaired) electrons. The summed E-state index contributed by atoms with van der Waals surface area (Å²) in [7, 11) is 1.92. The highest BCUT2D eigenvalue weighted by Crippen LogP contribution is 1.86. The molecule has 0 aliphatic rings. The molecule has 0 aromatic carbocycles. The van der Waals surface area contributed by atoms with Crippen LogP contribution in [0.2, 0.25) is 0 Å². The van der Waals surface area contributed by atoms with Gasteiger partial charge in [0, 0.05) is 13.6 Å². The number of hydrogen-bond acceptors (Lipinski definition) is 1. The smallest absolute Gasteiger partial charge is 0.0886 e. The van der Waals surface area contributed by atoms with E-state index in [1.165, 1.54) is 12.8 Å².